The standard InChI is InChI=1S/C6H11ClO3/c7-1-5-3-10-6(2-8)4-9-5/h5-6,8H,1-4H2. The molecule has 3 nitrogen and oxygen atoms in total. The van der Waals surface area contributed by atoms with Crippen LogP contribution in [0.5, 0.6) is 0 Å². The third kappa shape index (κ3) is 2.09. The molecule has 0 bridgehead atoms. The number of alkyl halides is 1. The van der Waals surface area contributed by atoms with Crippen LogP contribution in [0, 0.1) is 0 Å². The molecule has 0 radical (unpaired) electrons. The molecule has 1 fully saturated rings. The summed E-state index contributed by atoms with van der Waals surface area (Å²) in [5.41, 5.74) is 0. The maximum Gasteiger partial charge on any atom is 0.104 e. The molecule has 2 atom stereocenters. The summed E-state index contributed by atoms with van der Waals surface area (Å²) >= 11 is 5.50. The van der Waals surface area contributed by atoms with Gasteiger partial charge in [0.25, 0.3) is 0 Å². The molecule has 60 valence electrons. The highest BCUT2D eigenvalue weighted by Crippen LogP contribution is 2.07. The van der Waals surface area contributed by atoms with Gasteiger partial charge in [0, 0.05) is 0 Å². The molecule has 0 amide bonds. The van der Waals surface area contributed by atoms with E-state index < -0.39 is 0 Å². The quantitative estimate of drug-likeness (QED) is 0.587. The first-order valence-corrected chi connectivity index (χ1v) is 3.80. The van der Waals surface area contributed by atoms with Crippen molar-refractivity contribution in [3.05, 3.63) is 0 Å². The van der Waals surface area contributed by atoms with Crippen LogP contribution in [-0.4, -0.2) is 43.0 Å². The molecule has 0 aromatic heterocycles. The first-order valence-electron chi connectivity index (χ1n) is 3.27. The van der Waals surface area contributed by atoms with Crippen LogP contribution in [0.3, 0.4) is 0 Å². The maximum atomic E-state index is 8.61. The topological polar surface area (TPSA) is 38.7 Å². The van der Waals surface area contributed by atoms with E-state index in [1.54, 1.807) is 0 Å². The van der Waals surface area contributed by atoms with Crippen LogP contribution in [-0.2, 0) is 9.47 Å². The molecule has 1 aliphatic heterocycles. The number of hydrogen-bond acceptors (Lipinski definition) is 3. The number of rotatable bonds is 2. The lowest BCUT2D eigenvalue weighted by Crippen LogP contribution is -2.38. The van der Waals surface area contributed by atoms with Crippen molar-refractivity contribution in [1.82, 2.24) is 0 Å². The van der Waals surface area contributed by atoms with E-state index in [2.05, 4.69) is 0 Å². The highest BCUT2D eigenvalue weighted by molar-refractivity contribution is 6.18. The van der Waals surface area contributed by atoms with Crippen LogP contribution in [0.15, 0.2) is 0 Å². The van der Waals surface area contributed by atoms with Gasteiger partial charge in [0.05, 0.1) is 31.8 Å². The highest BCUT2D eigenvalue weighted by Gasteiger charge is 2.20. The number of aliphatic hydroxyl groups is 1. The van der Waals surface area contributed by atoms with Gasteiger partial charge in [-0.2, -0.15) is 0 Å². The SMILES string of the molecule is OCC1COC(CCl)CO1. The number of ether oxygens (including phenoxy) is 2. The predicted octanol–water partition coefficient (Wildman–Crippen LogP) is 0.00150. The summed E-state index contributed by atoms with van der Waals surface area (Å²) in [7, 11) is 0. The van der Waals surface area contributed by atoms with Crippen LogP contribution < -0.4 is 0 Å². The third-order valence-electron chi connectivity index (χ3n) is 1.41. The smallest absolute Gasteiger partial charge is 0.104 e. The lowest BCUT2D eigenvalue weighted by molar-refractivity contribution is -0.137. The Morgan fingerprint density at radius 3 is 2.30 bits per heavy atom. The van der Waals surface area contributed by atoms with E-state index in [-0.39, 0.29) is 18.8 Å². The number of hydrogen-bond donors (Lipinski definition) is 1. The van der Waals surface area contributed by atoms with Crippen molar-refractivity contribution in [3.63, 3.8) is 0 Å². The molecule has 1 saturated heterocycles. The summed E-state index contributed by atoms with van der Waals surface area (Å²) in [5.74, 6) is 0.456. The van der Waals surface area contributed by atoms with Crippen molar-refractivity contribution in [2.24, 2.45) is 0 Å². The second-order valence-corrected chi connectivity index (χ2v) is 2.56. The molecule has 1 rings (SSSR count). The van der Waals surface area contributed by atoms with E-state index in [0.717, 1.165) is 0 Å². The summed E-state index contributed by atoms with van der Waals surface area (Å²) in [6.07, 6.45) is -0.149. The summed E-state index contributed by atoms with van der Waals surface area (Å²) < 4.78 is 10.4. The van der Waals surface area contributed by atoms with Crippen molar-refractivity contribution in [1.29, 1.82) is 0 Å². The molecule has 0 aromatic carbocycles. The molecule has 2 unspecified atom stereocenters. The monoisotopic (exact) mass is 166 g/mol. The molecule has 0 saturated carbocycles. The van der Waals surface area contributed by atoms with Gasteiger partial charge in [0.1, 0.15) is 6.10 Å². The minimum absolute atomic E-state index is 0.00414. The van der Waals surface area contributed by atoms with Gasteiger partial charge in [-0.15, -0.1) is 11.6 Å². The fourth-order valence-corrected chi connectivity index (χ4v) is 0.956. The molecule has 0 spiro atoms. The zero-order chi connectivity index (χ0) is 7.40. The average Bonchev–Trinajstić information content (AvgIpc) is 2.05. The van der Waals surface area contributed by atoms with E-state index in [9.17, 15) is 0 Å². The summed E-state index contributed by atoms with van der Waals surface area (Å²) in [4.78, 5) is 0. The van der Waals surface area contributed by atoms with Gasteiger partial charge in [-0.05, 0) is 0 Å². The highest BCUT2D eigenvalue weighted by atomic mass is 35.5. The van der Waals surface area contributed by atoms with Crippen molar-refractivity contribution in [2.45, 2.75) is 12.2 Å². The Bertz CT molecular complexity index is 79.0. The van der Waals surface area contributed by atoms with Crippen LogP contribution in [0.25, 0.3) is 0 Å². The Hall–Kier alpha value is 0.170. The molecule has 1 aliphatic rings. The molecular formula is C6H11ClO3. The number of aliphatic hydroxyl groups excluding tert-OH is 1. The van der Waals surface area contributed by atoms with Gasteiger partial charge >= 0.3 is 0 Å². The Morgan fingerprint density at radius 1 is 1.30 bits per heavy atom. The van der Waals surface area contributed by atoms with Crippen LogP contribution >= 0.6 is 11.6 Å². The predicted molar refractivity (Wildman–Crippen MR) is 37.3 cm³/mol. The van der Waals surface area contributed by atoms with Crippen molar-refractivity contribution >= 4 is 11.6 Å². The van der Waals surface area contributed by atoms with Crippen molar-refractivity contribution < 1.29 is 14.6 Å². The molecule has 10 heavy (non-hydrogen) atoms. The van der Waals surface area contributed by atoms with Crippen LogP contribution in [0.4, 0.5) is 0 Å². The van der Waals surface area contributed by atoms with E-state index in [1.165, 1.54) is 0 Å². The van der Waals surface area contributed by atoms with Gasteiger partial charge < -0.3 is 14.6 Å². The fourth-order valence-electron chi connectivity index (χ4n) is 0.778. The molecule has 0 aromatic rings. The Labute approximate surface area is 64.9 Å². The van der Waals surface area contributed by atoms with Gasteiger partial charge in [0.15, 0.2) is 0 Å². The lowest BCUT2D eigenvalue weighted by atomic mass is 10.3. The molecular weight excluding hydrogens is 156 g/mol. The normalized spacial score (nSPS) is 34.2. The summed E-state index contributed by atoms with van der Waals surface area (Å²) in [5, 5.41) is 8.61. The Kier molecular flexibility index (Phi) is 3.42. The largest absolute Gasteiger partial charge is 0.394 e. The average molecular weight is 167 g/mol. The van der Waals surface area contributed by atoms with Gasteiger partial charge in [-0.25, -0.2) is 0 Å². The summed E-state index contributed by atoms with van der Waals surface area (Å²) in [6.45, 7) is 0.970. The van der Waals surface area contributed by atoms with Crippen LogP contribution in [0.2, 0.25) is 0 Å². The summed E-state index contributed by atoms with van der Waals surface area (Å²) in [6, 6.07) is 0. The minimum Gasteiger partial charge on any atom is -0.394 e. The molecule has 1 heterocycles. The minimum atomic E-state index is -0.153. The van der Waals surface area contributed by atoms with Crippen molar-refractivity contribution in [3.8, 4) is 0 Å². The van der Waals surface area contributed by atoms with Gasteiger partial charge in [-0.1, -0.05) is 0 Å². The first-order chi connectivity index (χ1) is 4.86. The van der Waals surface area contributed by atoms with Crippen molar-refractivity contribution in [2.75, 3.05) is 25.7 Å². The second-order valence-electron chi connectivity index (χ2n) is 2.25. The third-order valence-corrected chi connectivity index (χ3v) is 1.76. The molecule has 0 aliphatic carbocycles. The second kappa shape index (κ2) is 4.13. The first kappa shape index (κ1) is 8.27. The zero-order valence-electron chi connectivity index (χ0n) is 5.62. The Morgan fingerprint density at radius 2 is 1.90 bits per heavy atom. The molecule has 4 heteroatoms. The zero-order valence-corrected chi connectivity index (χ0v) is 6.38. The fraction of sp³-hybridized carbons (Fsp3) is 1.00. The lowest BCUT2D eigenvalue weighted by Gasteiger charge is -2.26. The Balaban J connectivity index is 2.17. The maximum absolute atomic E-state index is 8.61. The van der Waals surface area contributed by atoms with Crippen LogP contribution in [0.1, 0.15) is 0 Å². The van der Waals surface area contributed by atoms with Gasteiger partial charge in [-0.3, -0.25) is 0 Å². The van der Waals surface area contributed by atoms with E-state index in [1.807, 2.05) is 0 Å². The number of halogens is 1. The molecule has 1 N–H and O–H groups in total. The van der Waals surface area contributed by atoms with E-state index >= 15 is 0 Å². The van der Waals surface area contributed by atoms with Gasteiger partial charge in [0.2, 0.25) is 0 Å². The van der Waals surface area contributed by atoms with E-state index in [4.69, 9.17) is 26.2 Å². The van der Waals surface area contributed by atoms with E-state index in [0.29, 0.717) is 19.1 Å².